The number of anilines is 1. The SMILES string of the molecule is O=C(Nc1ccc(C=CC(=O)c2cccs2)cc1)c1ccc(Br)cc1. The van der Waals surface area contributed by atoms with Gasteiger partial charge in [0.15, 0.2) is 5.78 Å². The minimum atomic E-state index is -0.163. The molecular formula is C20H14BrNO2S. The van der Waals surface area contributed by atoms with Crippen LogP contribution in [0, 0.1) is 0 Å². The Morgan fingerprint density at radius 2 is 1.68 bits per heavy atom. The Morgan fingerprint density at radius 3 is 2.32 bits per heavy atom. The quantitative estimate of drug-likeness (QED) is 0.434. The molecule has 0 radical (unpaired) electrons. The highest BCUT2D eigenvalue weighted by molar-refractivity contribution is 9.10. The van der Waals surface area contributed by atoms with Crippen LogP contribution >= 0.6 is 27.3 Å². The predicted molar refractivity (Wildman–Crippen MR) is 106 cm³/mol. The summed E-state index contributed by atoms with van der Waals surface area (Å²) in [6, 6.07) is 18.2. The highest BCUT2D eigenvalue weighted by atomic mass is 79.9. The van der Waals surface area contributed by atoms with Crippen molar-refractivity contribution in [2.75, 3.05) is 5.32 Å². The molecular weight excluding hydrogens is 398 g/mol. The lowest BCUT2D eigenvalue weighted by Gasteiger charge is -2.05. The third-order valence-electron chi connectivity index (χ3n) is 3.47. The molecule has 0 atom stereocenters. The number of nitrogens with one attached hydrogen (secondary N) is 1. The molecule has 0 bridgehead atoms. The summed E-state index contributed by atoms with van der Waals surface area (Å²) in [6.07, 6.45) is 3.32. The number of rotatable bonds is 5. The van der Waals surface area contributed by atoms with Gasteiger partial charge in [-0.1, -0.05) is 40.2 Å². The average molecular weight is 412 g/mol. The van der Waals surface area contributed by atoms with Gasteiger partial charge in [0.05, 0.1) is 4.88 Å². The Labute approximate surface area is 158 Å². The molecule has 0 saturated heterocycles. The van der Waals surface area contributed by atoms with E-state index in [4.69, 9.17) is 0 Å². The van der Waals surface area contributed by atoms with Crippen LogP contribution in [0.3, 0.4) is 0 Å². The van der Waals surface area contributed by atoms with Crippen molar-refractivity contribution in [1.29, 1.82) is 0 Å². The molecule has 1 aromatic heterocycles. The molecule has 2 aromatic carbocycles. The van der Waals surface area contributed by atoms with Crippen molar-refractivity contribution in [1.82, 2.24) is 0 Å². The van der Waals surface area contributed by atoms with Crippen LogP contribution in [-0.4, -0.2) is 11.7 Å². The van der Waals surface area contributed by atoms with Crippen LogP contribution in [0.2, 0.25) is 0 Å². The average Bonchev–Trinajstić information content (AvgIpc) is 3.16. The molecule has 5 heteroatoms. The van der Waals surface area contributed by atoms with Crippen molar-refractivity contribution in [3.63, 3.8) is 0 Å². The largest absolute Gasteiger partial charge is 0.322 e. The Hall–Kier alpha value is -2.50. The number of carbonyl (C=O) groups excluding carboxylic acids is 2. The number of ketones is 1. The van der Waals surface area contributed by atoms with E-state index in [1.807, 2.05) is 47.8 Å². The zero-order valence-corrected chi connectivity index (χ0v) is 15.5. The molecule has 0 unspecified atom stereocenters. The molecule has 0 spiro atoms. The van der Waals surface area contributed by atoms with Crippen LogP contribution in [-0.2, 0) is 0 Å². The van der Waals surface area contributed by atoms with Crippen LogP contribution < -0.4 is 5.32 Å². The monoisotopic (exact) mass is 411 g/mol. The second kappa shape index (κ2) is 8.05. The summed E-state index contributed by atoms with van der Waals surface area (Å²) in [7, 11) is 0. The summed E-state index contributed by atoms with van der Waals surface area (Å²) in [4.78, 5) is 24.8. The maximum Gasteiger partial charge on any atom is 0.255 e. The third-order valence-corrected chi connectivity index (χ3v) is 4.88. The second-order valence-electron chi connectivity index (χ2n) is 5.26. The number of amides is 1. The van der Waals surface area contributed by atoms with Crippen molar-refractivity contribution in [2.24, 2.45) is 0 Å². The van der Waals surface area contributed by atoms with Gasteiger partial charge in [-0.05, 0) is 59.5 Å². The van der Waals surface area contributed by atoms with Gasteiger partial charge in [-0.3, -0.25) is 9.59 Å². The highest BCUT2D eigenvalue weighted by Gasteiger charge is 2.06. The molecule has 1 heterocycles. The van der Waals surface area contributed by atoms with E-state index in [9.17, 15) is 9.59 Å². The molecule has 0 aliphatic rings. The standard InChI is InChI=1S/C20H14BrNO2S/c21-16-8-6-15(7-9-16)20(24)22-17-10-3-14(4-11-17)5-12-18(23)19-2-1-13-25-19/h1-13H,(H,22,24). The topological polar surface area (TPSA) is 46.2 Å². The van der Waals surface area contributed by atoms with E-state index in [1.54, 1.807) is 30.4 Å². The number of thiophene rings is 1. The lowest BCUT2D eigenvalue weighted by Crippen LogP contribution is -2.11. The number of allylic oxidation sites excluding steroid dienone is 1. The third kappa shape index (κ3) is 4.75. The van der Waals surface area contributed by atoms with E-state index < -0.39 is 0 Å². The van der Waals surface area contributed by atoms with Gasteiger partial charge in [0.25, 0.3) is 5.91 Å². The lowest BCUT2D eigenvalue weighted by atomic mass is 10.1. The summed E-state index contributed by atoms with van der Waals surface area (Å²) >= 11 is 4.77. The van der Waals surface area contributed by atoms with Gasteiger partial charge in [0.1, 0.15) is 0 Å². The van der Waals surface area contributed by atoms with Crippen LogP contribution in [0.15, 0.2) is 76.6 Å². The highest BCUT2D eigenvalue weighted by Crippen LogP contribution is 2.15. The molecule has 25 heavy (non-hydrogen) atoms. The Kier molecular flexibility index (Phi) is 5.58. The molecule has 0 saturated carbocycles. The fraction of sp³-hybridized carbons (Fsp3) is 0. The summed E-state index contributed by atoms with van der Waals surface area (Å²) < 4.78 is 0.928. The van der Waals surface area contributed by atoms with Gasteiger partial charge in [-0.2, -0.15) is 0 Å². The number of carbonyl (C=O) groups is 2. The summed E-state index contributed by atoms with van der Waals surface area (Å²) in [5, 5.41) is 4.73. The Balaban J connectivity index is 1.63. The van der Waals surface area contributed by atoms with Crippen molar-refractivity contribution in [2.45, 2.75) is 0 Å². The van der Waals surface area contributed by atoms with Gasteiger partial charge in [0, 0.05) is 15.7 Å². The smallest absolute Gasteiger partial charge is 0.255 e. The fourth-order valence-electron chi connectivity index (χ4n) is 2.15. The zero-order valence-electron chi connectivity index (χ0n) is 13.1. The van der Waals surface area contributed by atoms with E-state index in [0.717, 1.165) is 14.9 Å². The predicted octanol–water partition coefficient (Wildman–Crippen LogP) is 5.66. The van der Waals surface area contributed by atoms with Crippen molar-refractivity contribution in [3.8, 4) is 0 Å². The maximum atomic E-state index is 12.2. The summed E-state index contributed by atoms with van der Waals surface area (Å²) in [5.41, 5.74) is 2.19. The van der Waals surface area contributed by atoms with Gasteiger partial charge >= 0.3 is 0 Å². The Bertz CT molecular complexity index is 898. The zero-order chi connectivity index (χ0) is 17.6. The minimum Gasteiger partial charge on any atom is -0.322 e. The van der Waals surface area contributed by atoms with Crippen LogP contribution in [0.5, 0.6) is 0 Å². The number of halogens is 1. The van der Waals surface area contributed by atoms with Crippen LogP contribution in [0.4, 0.5) is 5.69 Å². The first-order chi connectivity index (χ1) is 12.1. The van der Waals surface area contributed by atoms with E-state index in [-0.39, 0.29) is 11.7 Å². The second-order valence-corrected chi connectivity index (χ2v) is 7.12. The van der Waals surface area contributed by atoms with Crippen molar-refractivity contribution in [3.05, 3.63) is 92.6 Å². The first kappa shape index (κ1) is 17.3. The van der Waals surface area contributed by atoms with E-state index in [0.29, 0.717) is 11.3 Å². The molecule has 1 N–H and O–H groups in total. The van der Waals surface area contributed by atoms with Gasteiger partial charge in [-0.25, -0.2) is 0 Å². The molecule has 3 aromatic rings. The van der Waals surface area contributed by atoms with Crippen molar-refractivity contribution < 1.29 is 9.59 Å². The van der Waals surface area contributed by atoms with E-state index >= 15 is 0 Å². The fourth-order valence-corrected chi connectivity index (χ4v) is 3.06. The van der Waals surface area contributed by atoms with E-state index in [1.165, 1.54) is 11.3 Å². The molecule has 0 fully saturated rings. The van der Waals surface area contributed by atoms with Crippen LogP contribution in [0.1, 0.15) is 25.6 Å². The number of hydrogen-bond acceptors (Lipinski definition) is 3. The molecule has 0 aliphatic heterocycles. The van der Waals surface area contributed by atoms with Crippen molar-refractivity contribution >= 4 is 50.7 Å². The molecule has 3 rings (SSSR count). The molecule has 3 nitrogen and oxygen atoms in total. The van der Waals surface area contributed by atoms with E-state index in [2.05, 4.69) is 21.2 Å². The Morgan fingerprint density at radius 1 is 0.960 bits per heavy atom. The summed E-state index contributed by atoms with van der Waals surface area (Å²) in [5.74, 6) is -0.175. The number of hydrogen-bond donors (Lipinski definition) is 1. The normalized spacial score (nSPS) is 10.8. The first-order valence-electron chi connectivity index (χ1n) is 7.55. The summed E-state index contributed by atoms with van der Waals surface area (Å²) in [6.45, 7) is 0. The van der Waals surface area contributed by atoms with Gasteiger partial charge in [0.2, 0.25) is 0 Å². The molecule has 0 aliphatic carbocycles. The first-order valence-corrected chi connectivity index (χ1v) is 9.22. The minimum absolute atomic E-state index is 0.0115. The molecule has 124 valence electrons. The molecule has 1 amide bonds. The van der Waals surface area contributed by atoms with Gasteiger partial charge < -0.3 is 5.32 Å². The number of benzene rings is 2. The van der Waals surface area contributed by atoms with Crippen LogP contribution in [0.25, 0.3) is 6.08 Å². The lowest BCUT2D eigenvalue weighted by molar-refractivity contribution is 0.102. The van der Waals surface area contributed by atoms with Gasteiger partial charge in [-0.15, -0.1) is 11.3 Å². The maximum absolute atomic E-state index is 12.2.